The first kappa shape index (κ1) is 22.4. The summed E-state index contributed by atoms with van der Waals surface area (Å²) in [5, 5.41) is 9.18. The number of rotatable bonds is 6. The van der Waals surface area contributed by atoms with Crippen molar-refractivity contribution in [1.29, 1.82) is 0 Å². The van der Waals surface area contributed by atoms with E-state index >= 15 is 0 Å². The maximum absolute atomic E-state index is 13.1. The summed E-state index contributed by atoms with van der Waals surface area (Å²) in [5.41, 5.74) is 3.22. The number of aromatic nitrogens is 2. The SMILES string of the molecule is COc1cc(/C=c2\sc3nc4ccccc4n3c2=O)cc(I)c1OCc1cccc(C(=O)O)c1. The van der Waals surface area contributed by atoms with Crippen molar-refractivity contribution in [3.05, 3.63) is 95.8 Å². The second-order valence-electron chi connectivity index (χ2n) is 7.46. The van der Waals surface area contributed by atoms with Crippen molar-refractivity contribution in [3.63, 3.8) is 0 Å². The highest BCUT2D eigenvalue weighted by molar-refractivity contribution is 14.1. The molecule has 0 unspecified atom stereocenters. The van der Waals surface area contributed by atoms with Gasteiger partial charge in [0.2, 0.25) is 0 Å². The minimum atomic E-state index is -0.986. The van der Waals surface area contributed by atoms with Crippen LogP contribution in [-0.2, 0) is 6.61 Å². The Balaban J connectivity index is 1.49. The van der Waals surface area contributed by atoms with Crippen molar-refractivity contribution in [2.24, 2.45) is 0 Å². The molecule has 3 aromatic carbocycles. The van der Waals surface area contributed by atoms with Gasteiger partial charge in [-0.05, 0) is 76.2 Å². The Morgan fingerprint density at radius 2 is 2.00 bits per heavy atom. The third-order valence-corrected chi connectivity index (χ3v) is 7.02. The number of halogens is 1. The molecule has 0 saturated heterocycles. The predicted molar refractivity (Wildman–Crippen MR) is 139 cm³/mol. The molecule has 0 amide bonds. The van der Waals surface area contributed by atoms with E-state index in [-0.39, 0.29) is 17.7 Å². The Morgan fingerprint density at radius 1 is 1.18 bits per heavy atom. The van der Waals surface area contributed by atoms with Crippen LogP contribution in [0.15, 0.2) is 65.5 Å². The number of nitrogens with zero attached hydrogens (tertiary/aromatic N) is 2. The van der Waals surface area contributed by atoms with E-state index in [1.165, 1.54) is 17.4 Å². The maximum Gasteiger partial charge on any atom is 0.335 e. The normalized spacial score (nSPS) is 11.9. The quantitative estimate of drug-likeness (QED) is 0.299. The molecule has 170 valence electrons. The van der Waals surface area contributed by atoms with Crippen LogP contribution in [0.2, 0.25) is 0 Å². The van der Waals surface area contributed by atoms with Gasteiger partial charge in [-0.3, -0.25) is 4.79 Å². The van der Waals surface area contributed by atoms with E-state index in [4.69, 9.17) is 9.47 Å². The van der Waals surface area contributed by atoms with Gasteiger partial charge in [-0.2, -0.15) is 0 Å². The largest absolute Gasteiger partial charge is 0.493 e. The van der Waals surface area contributed by atoms with E-state index in [0.29, 0.717) is 21.0 Å². The molecule has 5 aromatic rings. The number of thiazole rings is 1. The molecule has 34 heavy (non-hydrogen) atoms. The molecule has 0 spiro atoms. The van der Waals surface area contributed by atoms with Gasteiger partial charge in [-0.1, -0.05) is 35.6 Å². The summed E-state index contributed by atoms with van der Waals surface area (Å²) in [6.45, 7) is 0.191. The van der Waals surface area contributed by atoms with Crippen molar-refractivity contribution in [2.75, 3.05) is 7.11 Å². The summed E-state index contributed by atoms with van der Waals surface area (Å²) in [7, 11) is 1.55. The molecular formula is C25H17IN2O5S. The van der Waals surface area contributed by atoms with Crippen LogP contribution in [0.4, 0.5) is 0 Å². The van der Waals surface area contributed by atoms with Gasteiger partial charge in [0.1, 0.15) is 6.61 Å². The molecule has 1 N–H and O–H groups in total. The Kier molecular flexibility index (Phi) is 5.96. The second kappa shape index (κ2) is 9.07. The number of benzene rings is 3. The van der Waals surface area contributed by atoms with Crippen LogP contribution in [0.5, 0.6) is 11.5 Å². The van der Waals surface area contributed by atoms with Gasteiger partial charge in [0.15, 0.2) is 16.5 Å². The molecule has 0 fully saturated rings. The third kappa shape index (κ3) is 4.12. The summed E-state index contributed by atoms with van der Waals surface area (Å²) in [5.74, 6) is 0.0859. The first-order valence-electron chi connectivity index (χ1n) is 10.2. The average Bonchev–Trinajstić information content (AvgIpc) is 3.34. The molecule has 9 heteroatoms. The molecule has 0 aliphatic carbocycles. The second-order valence-corrected chi connectivity index (χ2v) is 9.63. The van der Waals surface area contributed by atoms with Crippen LogP contribution in [-0.4, -0.2) is 27.6 Å². The molecule has 0 aliphatic rings. The Labute approximate surface area is 211 Å². The number of fused-ring (bicyclic) bond motifs is 3. The Bertz CT molecular complexity index is 1670. The molecule has 0 radical (unpaired) electrons. The highest BCUT2D eigenvalue weighted by Gasteiger charge is 2.14. The molecule has 2 aromatic heterocycles. The number of carboxylic acid groups (broad SMARTS) is 1. The van der Waals surface area contributed by atoms with E-state index in [1.54, 1.807) is 29.7 Å². The van der Waals surface area contributed by atoms with E-state index in [2.05, 4.69) is 27.6 Å². The Hall–Kier alpha value is -3.44. The number of ether oxygens (including phenoxy) is 2. The Morgan fingerprint density at radius 3 is 2.79 bits per heavy atom. The van der Waals surface area contributed by atoms with Gasteiger partial charge in [-0.15, -0.1) is 0 Å². The molecule has 7 nitrogen and oxygen atoms in total. The molecule has 0 aliphatic heterocycles. The molecule has 0 atom stereocenters. The first-order chi connectivity index (χ1) is 16.4. The van der Waals surface area contributed by atoms with E-state index in [1.807, 2.05) is 42.5 Å². The summed E-state index contributed by atoms with van der Waals surface area (Å²) in [6, 6.07) is 17.9. The van der Waals surface area contributed by atoms with Crippen LogP contribution in [0.3, 0.4) is 0 Å². The number of carbonyl (C=O) groups is 1. The lowest BCUT2D eigenvalue weighted by Gasteiger charge is -2.14. The van der Waals surface area contributed by atoms with Crippen molar-refractivity contribution in [1.82, 2.24) is 9.38 Å². The van der Waals surface area contributed by atoms with Crippen molar-refractivity contribution >= 4 is 62.0 Å². The number of carboxylic acids is 1. The fraction of sp³-hybridized carbons (Fsp3) is 0.0800. The monoisotopic (exact) mass is 584 g/mol. The van der Waals surface area contributed by atoms with E-state index in [0.717, 1.165) is 25.7 Å². The average molecular weight is 584 g/mol. The summed E-state index contributed by atoms with van der Waals surface area (Å²) >= 11 is 3.50. The van der Waals surface area contributed by atoms with Gasteiger partial charge in [0, 0.05) is 0 Å². The lowest BCUT2D eigenvalue weighted by Crippen LogP contribution is -2.22. The molecule has 0 bridgehead atoms. The van der Waals surface area contributed by atoms with Crippen LogP contribution in [0, 0.1) is 3.57 Å². The summed E-state index contributed by atoms with van der Waals surface area (Å²) in [6.07, 6.45) is 1.82. The van der Waals surface area contributed by atoms with Crippen LogP contribution in [0.25, 0.3) is 22.1 Å². The van der Waals surface area contributed by atoms with E-state index < -0.39 is 5.97 Å². The zero-order chi connectivity index (χ0) is 23.8. The lowest BCUT2D eigenvalue weighted by molar-refractivity contribution is 0.0696. The summed E-state index contributed by atoms with van der Waals surface area (Å²) < 4.78 is 14.5. The van der Waals surface area contributed by atoms with Crippen LogP contribution in [0.1, 0.15) is 21.5 Å². The zero-order valence-corrected chi connectivity index (χ0v) is 20.8. The topological polar surface area (TPSA) is 90.1 Å². The number of hydrogen-bond acceptors (Lipinski definition) is 6. The first-order valence-corrected chi connectivity index (χ1v) is 12.1. The minimum Gasteiger partial charge on any atom is -0.493 e. The number of aromatic carboxylic acids is 1. The minimum absolute atomic E-state index is 0.110. The van der Waals surface area contributed by atoms with Gasteiger partial charge >= 0.3 is 5.97 Å². The van der Waals surface area contributed by atoms with Gasteiger partial charge in [-0.25, -0.2) is 14.2 Å². The predicted octanol–water partition coefficient (Wildman–Crippen LogP) is 4.35. The third-order valence-electron chi connectivity index (χ3n) is 5.25. The van der Waals surface area contributed by atoms with Crippen molar-refractivity contribution in [2.45, 2.75) is 6.61 Å². The number of imidazole rings is 1. The van der Waals surface area contributed by atoms with Gasteiger partial charge in [0.25, 0.3) is 5.56 Å². The molecule has 0 saturated carbocycles. The highest BCUT2D eigenvalue weighted by atomic mass is 127. The summed E-state index contributed by atoms with van der Waals surface area (Å²) in [4.78, 5) is 29.5. The molecular weight excluding hydrogens is 567 g/mol. The lowest BCUT2D eigenvalue weighted by atomic mass is 10.1. The molecule has 5 rings (SSSR count). The van der Waals surface area contributed by atoms with E-state index in [9.17, 15) is 14.7 Å². The zero-order valence-electron chi connectivity index (χ0n) is 17.8. The van der Waals surface area contributed by atoms with Crippen LogP contribution >= 0.6 is 33.9 Å². The number of hydrogen-bond donors (Lipinski definition) is 1. The van der Waals surface area contributed by atoms with Crippen LogP contribution < -0.4 is 19.6 Å². The van der Waals surface area contributed by atoms with Crippen molar-refractivity contribution in [3.8, 4) is 11.5 Å². The highest BCUT2D eigenvalue weighted by Crippen LogP contribution is 2.35. The standard InChI is InChI=1S/C25H17IN2O5S/c1-32-20-11-15(10-17(26)22(20)33-13-14-5-4-6-16(9-14)24(30)31)12-21-23(29)28-19-8-3-2-7-18(19)27-25(28)34-21/h2-12H,13H2,1H3,(H,30,31)/b21-12-. The van der Waals surface area contributed by atoms with Crippen molar-refractivity contribution < 1.29 is 19.4 Å². The maximum atomic E-state index is 13.1. The van der Waals surface area contributed by atoms with Gasteiger partial charge < -0.3 is 14.6 Å². The van der Waals surface area contributed by atoms with Gasteiger partial charge in [0.05, 0.1) is 31.8 Å². The fourth-order valence-corrected chi connectivity index (χ4v) is 5.44. The fourth-order valence-electron chi connectivity index (χ4n) is 3.68. The molecule has 2 heterocycles. The number of methoxy groups -OCH3 is 1. The number of para-hydroxylation sites is 2. The smallest absolute Gasteiger partial charge is 0.335 e.